The first-order valence-corrected chi connectivity index (χ1v) is 8.29. The molecule has 2 unspecified atom stereocenters. The van der Waals surface area contributed by atoms with Crippen LogP contribution in [0, 0.1) is 5.92 Å². The maximum atomic E-state index is 11.7. The minimum absolute atomic E-state index is 0.625. The quantitative estimate of drug-likeness (QED) is 0.753. The zero-order chi connectivity index (χ0) is 14.6. The molecule has 0 radical (unpaired) electrons. The van der Waals surface area contributed by atoms with E-state index in [-0.39, 0.29) is 0 Å². The molecule has 0 aromatic carbocycles. The SMILES string of the molecule is CCCNC(C)(CN1CCCC1C1CCCC1)C(=O)O. The fourth-order valence-electron chi connectivity index (χ4n) is 3.93. The van der Waals surface area contributed by atoms with Crippen LogP contribution in [-0.2, 0) is 4.79 Å². The molecule has 116 valence electrons. The summed E-state index contributed by atoms with van der Waals surface area (Å²) in [5.41, 5.74) is -0.808. The van der Waals surface area contributed by atoms with Crippen LogP contribution in [0.15, 0.2) is 0 Å². The molecule has 0 aromatic heterocycles. The first-order chi connectivity index (χ1) is 9.57. The van der Waals surface area contributed by atoms with Crippen molar-refractivity contribution < 1.29 is 9.90 Å². The van der Waals surface area contributed by atoms with Crippen molar-refractivity contribution in [1.82, 2.24) is 10.2 Å². The Balaban J connectivity index is 1.99. The molecule has 1 heterocycles. The van der Waals surface area contributed by atoms with Crippen LogP contribution in [0.1, 0.15) is 58.8 Å². The van der Waals surface area contributed by atoms with Crippen molar-refractivity contribution >= 4 is 5.97 Å². The lowest BCUT2D eigenvalue weighted by Gasteiger charge is -2.36. The fraction of sp³-hybridized carbons (Fsp3) is 0.938. The first-order valence-electron chi connectivity index (χ1n) is 8.29. The Bertz CT molecular complexity index is 328. The summed E-state index contributed by atoms with van der Waals surface area (Å²) in [6.45, 7) is 6.40. The second-order valence-electron chi connectivity index (χ2n) is 6.79. The predicted octanol–water partition coefficient (Wildman–Crippen LogP) is 2.48. The van der Waals surface area contributed by atoms with Gasteiger partial charge in [-0.15, -0.1) is 0 Å². The summed E-state index contributed by atoms with van der Waals surface area (Å²) in [4.78, 5) is 14.1. The van der Waals surface area contributed by atoms with Gasteiger partial charge in [-0.2, -0.15) is 0 Å². The number of carboxylic acids is 1. The standard InChI is InChI=1S/C16H30N2O2/c1-3-10-17-16(2,15(19)20)12-18-11-6-9-14(18)13-7-4-5-8-13/h13-14,17H,3-12H2,1-2H3,(H,19,20). The molecule has 1 aliphatic heterocycles. The maximum absolute atomic E-state index is 11.7. The third kappa shape index (κ3) is 3.53. The van der Waals surface area contributed by atoms with Crippen molar-refractivity contribution in [1.29, 1.82) is 0 Å². The highest BCUT2D eigenvalue weighted by atomic mass is 16.4. The van der Waals surface area contributed by atoms with E-state index in [0.717, 1.165) is 25.4 Å². The van der Waals surface area contributed by atoms with E-state index in [2.05, 4.69) is 17.1 Å². The molecule has 0 aromatic rings. The smallest absolute Gasteiger partial charge is 0.324 e. The van der Waals surface area contributed by atoms with Gasteiger partial charge in [0.25, 0.3) is 0 Å². The van der Waals surface area contributed by atoms with E-state index < -0.39 is 11.5 Å². The minimum atomic E-state index is -0.808. The summed E-state index contributed by atoms with van der Waals surface area (Å²) in [6.07, 6.45) is 8.85. The molecule has 4 nitrogen and oxygen atoms in total. The van der Waals surface area contributed by atoms with Crippen LogP contribution < -0.4 is 5.32 Å². The largest absolute Gasteiger partial charge is 0.480 e. The van der Waals surface area contributed by atoms with Gasteiger partial charge < -0.3 is 10.4 Å². The molecule has 4 heteroatoms. The number of nitrogens with zero attached hydrogens (tertiary/aromatic N) is 1. The van der Waals surface area contributed by atoms with Crippen molar-refractivity contribution in [2.75, 3.05) is 19.6 Å². The lowest BCUT2D eigenvalue weighted by atomic mass is 9.94. The molecule has 2 fully saturated rings. The molecular formula is C16H30N2O2. The van der Waals surface area contributed by atoms with Gasteiger partial charge in [0.05, 0.1) is 0 Å². The van der Waals surface area contributed by atoms with Crippen LogP contribution in [-0.4, -0.2) is 47.2 Å². The summed E-state index contributed by atoms with van der Waals surface area (Å²) < 4.78 is 0. The van der Waals surface area contributed by atoms with Crippen LogP contribution in [0.4, 0.5) is 0 Å². The average Bonchev–Trinajstić information content (AvgIpc) is 3.06. The van der Waals surface area contributed by atoms with Crippen LogP contribution in [0.2, 0.25) is 0 Å². The third-order valence-electron chi connectivity index (χ3n) is 5.11. The Morgan fingerprint density at radius 1 is 1.30 bits per heavy atom. The fourth-order valence-corrected chi connectivity index (χ4v) is 3.93. The Morgan fingerprint density at radius 3 is 2.60 bits per heavy atom. The van der Waals surface area contributed by atoms with E-state index in [9.17, 15) is 9.90 Å². The minimum Gasteiger partial charge on any atom is -0.480 e. The number of carboxylic acid groups (broad SMARTS) is 1. The van der Waals surface area contributed by atoms with E-state index >= 15 is 0 Å². The molecule has 1 aliphatic carbocycles. The zero-order valence-corrected chi connectivity index (χ0v) is 13.0. The normalized spacial score (nSPS) is 27.8. The summed E-state index contributed by atoms with van der Waals surface area (Å²) >= 11 is 0. The lowest BCUT2D eigenvalue weighted by Crippen LogP contribution is -2.58. The molecule has 2 rings (SSSR count). The molecule has 2 N–H and O–H groups in total. The van der Waals surface area contributed by atoms with Gasteiger partial charge in [-0.3, -0.25) is 9.69 Å². The second kappa shape index (κ2) is 6.90. The highest BCUT2D eigenvalue weighted by molar-refractivity contribution is 5.78. The van der Waals surface area contributed by atoms with Crippen molar-refractivity contribution in [3.63, 3.8) is 0 Å². The number of hydrogen-bond acceptors (Lipinski definition) is 3. The molecular weight excluding hydrogens is 252 g/mol. The number of nitrogens with one attached hydrogen (secondary N) is 1. The van der Waals surface area contributed by atoms with Gasteiger partial charge in [0.2, 0.25) is 0 Å². The van der Waals surface area contributed by atoms with Gasteiger partial charge in [0, 0.05) is 12.6 Å². The Labute approximate surface area is 122 Å². The molecule has 1 saturated heterocycles. The monoisotopic (exact) mass is 282 g/mol. The Kier molecular flexibility index (Phi) is 5.44. The molecule has 20 heavy (non-hydrogen) atoms. The third-order valence-corrected chi connectivity index (χ3v) is 5.11. The van der Waals surface area contributed by atoms with Gasteiger partial charge in [-0.25, -0.2) is 0 Å². The number of hydrogen-bond donors (Lipinski definition) is 2. The lowest BCUT2D eigenvalue weighted by molar-refractivity contribution is -0.145. The van der Waals surface area contributed by atoms with Crippen molar-refractivity contribution in [2.24, 2.45) is 5.92 Å². The van der Waals surface area contributed by atoms with E-state index in [4.69, 9.17) is 0 Å². The average molecular weight is 282 g/mol. The number of likely N-dealkylation sites (tertiary alicyclic amines) is 1. The molecule has 0 amide bonds. The van der Waals surface area contributed by atoms with Gasteiger partial charge in [-0.05, 0) is 58.0 Å². The molecule has 1 saturated carbocycles. The number of aliphatic carboxylic acids is 1. The highest BCUT2D eigenvalue weighted by Crippen LogP contribution is 2.35. The zero-order valence-electron chi connectivity index (χ0n) is 13.0. The highest BCUT2D eigenvalue weighted by Gasteiger charge is 2.40. The van der Waals surface area contributed by atoms with Gasteiger partial charge >= 0.3 is 5.97 Å². The van der Waals surface area contributed by atoms with E-state index in [1.54, 1.807) is 0 Å². The summed E-state index contributed by atoms with van der Waals surface area (Å²) in [7, 11) is 0. The summed E-state index contributed by atoms with van der Waals surface area (Å²) in [5, 5.41) is 12.8. The number of carbonyl (C=O) groups is 1. The predicted molar refractivity (Wildman–Crippen MR) is 80.9 cm³/mol. The second-order valence-corrected chi connectivity index (χ2v) is 6.79. The van der Waals surface area contributed by atoms with E-state index in [1.165, 1.54) is 38.5 Å². The Hall–Kier alpha value is -0.610. The van der Waals surface area contributed by atoms with Gasteiger partial charge in [0.1, 0.15) is 5.54 Å². The van der Waals surface area contributed by atoms with E-state index in [0.29, 0.717) is 12.6 Å². The first kappa shape index (κ1) is 15.8. The van der Waals surface area contributed by atoms with E-state index in [1.807, 2.05) is 6.92 Å². The van der Waals surface area contributed by atoms with Gasteiger partial charge in [0.15, 0.2) is 0 Å². The topological polar surface area (TPSA) is 52.6 Å². The molecule has 0 spiro atoms. The van der Waals surface area contributed by atoms with Crippen LogP contribution in [0.3, 0.4) is 0 Å². The van der Waals surface area contributed by atoms with Crippen molar-refractivity contribution in [3.05, 3.63) is 0 Å². The summed E-state index contributed by atoms with van der Waals surface area (Å²) in [6, 6.07) is 0.625. The van der Waals surface area contributed by atoms with Crippen LogP contribution >= 0.6 is 0 Å². The van der Waals surface area contributed by atoms with Crippen LogP contribution in [0.25, 0.3) is 0 Å². The van der Waals surface area contributed by atoms with Crippen molar-refractivity contribution in [2.45, 2.75) is 70.4 Å². The van der Waals surface area contributed by atoms with Crippen molar-refractivity contribution in [3.8, 4) is 0 Å². The maximum Gasteiger partial charge on any atom is 0.324 e. The Morgan fingerprint density at radius 2 is 2.00 bits per heavy atom. The van der Waals surface area contributed by atoms with Gasteiger partial charge in [-0.1, -0.05) is 19.8 Å². The number of rotatable bonds is 7. The molecule has 2 atom stereocenters. The molecule has 2 aliphatic rings. The van der Waals surface area contributed by atoms with Crippen LogP contribution in [0.5, 0.6) is 0 Å². The molecule has 0 bridgehead atoms. The summed E-state index contributed by atoms with van der Waals surface area (Å²) in [5.74, 6) is 0.0877.